The molecule has 3 aromatic rings. The molecule has 0 spiro atoms. The second-order valence-electron chi connectivity index (χ2n) is 9.23. The monoisotopic (exact) mass is 486 g/mol. The summed E-state index contributed by atoms with van der Waals surface area (Å²) in [5, 5.41) is 9.28. The Balaban J connectivity index is 1.28. The molecule has 186 valence electrons. The second-order valence-corrected chi connectivity index (χ2v) is 9.23. The molecule has 2 heterocycles. The van der Waals surface area contributed by atoms with Crippen molar-refractivity contribution in [1.82, 2.24) is 20.2 Å². The van der Waals surface area contributed by atoms with Gasteiger partial charge in [0.2, 0.25) is 5.95 Å². The quantitative estimate of drug-likeness (QED) is 0.383. The van der Waals surface area contributed by atoms with Crippen molar-refractivity contribution in [2.75, 3.05) is 48.8 Å². The number of primary amides is 1. The molecule has 1 saturated carbocycles. The molecular weight excluding hydrogens is 456 g/mol. The predicted molar refractivity (Wildman–Crippen MR) is 140 cm³/mol. The van der Waals surface area contributed by atoms with E-state index in [0.29, 0.717) is 29.1 Å². The Morgan fingerprint density at radius 3 is 2.19 bits per heavy atom. The summed E-state index contributed by atoms with van der Waals surface area (Å²) in [4.78, 5) is 37.6. The van der Waals surface area contributed by atoms with Crippen LogP contribution in [0, 0.1) is 0 Å². The van der Waals surface area contributed by atoms with Crippen LogP contribution in [0.25, 0.3) is 0 Å². The van der Waals surface area contributed by atoms with Gasteiger partial charge in [0.15, 0.2) is 0 Å². The van der Waals surface area contributed by atoms with Gasteiger partial charge in [0, 0.05) is 61.0 Å². The molecule has 1 aliphatic carbocycles. The van der Waals surface area contributed by atoms with Crippen LogP contribution in [0.15, 0.2) is 54.7 Å². The van der Waals surface area contributed by atoms with Gasteiger partial charge in [0.25, 0.3) is 11.8 Å². The third kappa shape index (κ3) is 5.72. The van der Waals surface area contributed by atoms with Gasteiger partial charge >= 0.3 is 0 Å². The molecule has 0 atom stereocenters. The average Bonchev–Trinajstić information content (AvgIpc) is 3.69. The largest absolute Gasteiger partial charge is 0.369 e. The maximum atomic E-state index is 12.2. The Kier molecular flexibility index (Phi) is 6.68. The summed E-state index contributed by atoms with van der Waals surface area (Å²) in [6, 6.07) is 15.4. The smallest absolute Gasteiger partial charge is 0.254 e. The Labute approximate surface area is 209 Å². The van der Waals surface area contributed by atoms with E-state index < -0.39 is 5.91 Å². The molecule has 2 aliphatic rings. The van der Waals surface area contributed by atoms with Crippen molar-refractivity contribution in [3.05, 3.63) is 65.9 Å². The highest BCUT2D eigenvalue weighted by molar-refractivity contribution is 5.98. The van der Waals surface area contributed by atoms with E-state index >= 15 is 0 Å². The van der Waals surface area contributed by atoms with Gasteiger partial charge in [-0.15, -0.1) is 0 Å². The molecule has 1 saturated heterocycles. The number of benzene rings is 2. The summed E-state index contributed by atoms with van der Waals surface area (Å²) < 4.78 is 0. The molecule has 36 heavy (non-hydrogen) atoms. The summed E-state index contributed by atoms with van der Waals surface area (Å²) >= 11 is 0. The lowest BCUT2D eigenvalue weighted by molar-refractivity contribution is 0.0949. The molecule has 2 aromatic carbocycles. The van der Waals surface area contributed by atoms with Gasteiger partial charge in [-0.25, -0.2) is 4.98 Å². The van der Waals surface area contributed by atoms with Gasteiger partial charge < -0.3 is 31.5 Å². The number of carbonyl (C=O) groups excluding carboxylic acids is 2. The molecule has 0 radical (unpaired) electrons. The lowest BCUT2D eigenvalue weighted by Crippen LogP contribution is -2.44. The molecule has 2 fully saturated rings. The molecule has 5 N–H and O–H groups in total. The maximum Gasteiger partial charge on any atom is 0.254 e. The Hall–Kier alpha value is -4.18. The Morgan fingerprint density at radius 1 is 0.917 bits per heavy atom. The van der Waals surface area contributed by atoms with E-state index in [0.717, 1.165) is 50.4 Å². The van der Waals surface area contributed by atoms with Crippen molar-refractivity contribution >= 4 is 40.6 Å². The molecule has 0 unspecified atom stereocenters. The number of nitrogens with one attached hydrogen (secondary N) is 3. The number of hydrogen-bond acceptors (Lipinski definition) is 8. The first-order valence-corrected chi connectivity index (χ1v) is 12.1. The van der Waals surface area contributed by atoms with Crippen LogP contribution >= 0.6 is 0 Å². The molecule has 0 bridgehead atoms. The maximum absolute atomic E-state index is 12.2. The lowest BCUT2D eigenvalue weighted by Gasteiger charge is -2.34. The first-order valence-electron chi connectivity index (χ1n) is 12.1. The summed E-state index contributed by atoms with van der Waals surface area (Å²) in [5.41, 5.74) is 9.00. The zero-order valence-corrected chi connectivity index (χ0v) is 20.2. The SMILES string of the molecule is CN1CCN(c2ccc(Nc3nc(Nc4ccc(C(=O)NC5CC5)cc4)ncc3C(N)=O)cc2)CC1. The Morgan fingerprint density at radius 2 is 1.56 bits per heavy atom. The molecule has 2 amide bonds. The van der Waals surface area contributed by atoms with E-state index in [1.807, 2.05) is 12.1 Å². The minimum atomic E-state index is -0.621. The predicted octanol–water partition coefficient (Wildman–Crippen LogP) is 2.71. The van der Waals surface area contributed by atoms with Gasteiger partial charge in [0.1, 0.15) is 11.4 Å². The number of aromatic nitrogens is 2. The van der Waals surface area contributed by atoms with Gasteiger partial charge in [-0.2, -0.15) is 4.98 Å². The van der Waals surface area contributed by atoms with Crippen LogP contribution in [0.3, 0.4) is 0 Å². The fourth-order valence-corrected chi connectivity index (χ4v) is 4.01. The minimum absolute atomic E-state index is 0.0729. The fourth-order valence-electron chi connectivity index (χ4n) is 4.01. The van der Waals surface area contributed by atoms with E-state index in [2.05, 4.69) is 54.9 Å². The summed E-state index contributed by atoms with van der Waals surface area (Å²) in [6.45, 7) is 4.05. The highest BCUT2D eigenvalue weighted by atomic mass is 16.2. The van der Waals surface area contributed by atoms with Crippen LogP contribution in [0.1, 0.15) is 33.6 Å². The average molecular weight is 487 g/mol. The van der Waals surface area contributed by atoms with Crippen LogP contribution in [-0.2, 0) is 0 Å². The normalized spacial score (nSPS) is 15.9. The standard InChI is InChI=1S/C26H30N8O2/c1-33-12-14-34(15-13-33)21-10-8-18(9-11-21)29-24-22(23(27)35)16-28-26(32-24)31-20-4-2-17(3-5-20)25(36)30-19-6-7-19/h2-5,8-11,16,19H,6-7,12-15H2,1H3,(H2,27,35)(H,30,36)(H2,28,29,31,32). The molecular formula is C26H30N8O2. The molecule has 1 aliphatic heterocycles. The number of piperazine rings is 1. The second kappa shape index (κ2) is 10.2. The number of hydrogen-bond donors (Lipinski definition) is 4. The molecule has 1 aromatic heterocycles. The van der Waals surface area contributed by atoms with E-state index in [1.54, 1.807) is 24.3 Å². The summed E-state index contributed by atoms with van der Waals surface area (Å²) in [5.74, 6) is -0.0834. The zero-order chi connectivity index (χ0) is 25.1. The number of rotatable bonds is 8. The number of amides is 2. The number of anilines is 5. The topological polar surface area (TPSA) is 129 Å². The van der Waals surface area contributed by atoms with Crippen LogP contribution in [-0.4, -0.2) is 66.0 Å². The molecule has 5 rings (SSSR count). The number of nitrogens with zero attached hydrogens (tertiary/aromatic N) is 4. The lowest BCUT2D eigenvalue weighted by atomic mass is 10.2. The van der Waals surface area contributed by atoms with E-state index in [9.17, 15) is 9.59 Å². The van der Waals surface area contributed by atoms with Crippen molar-refractivity contribution in [3.8, 4) is 0 Å². The fraction of sp³-hybridized carbons (Fsp3) is 0.308. The van der Waals surface area contributed by atoms with E-state index in [4.69, 9.17) is 5.73 Å². The first-order chi connectivity index (χ1) is 17.4. The Bertz CT molecular complexity index is 1230. The number of likely N-dealkylation sites (N-methyl/N-ethyl adjacent to an activating group) is 1. The zero-order valence-electron chi connectivity index (χ0n) is 20.2. The highest BCUT2D eigenvalue weighted by Gasteiger charge is 2.23. The van der Waals surface area contributed by atoms with Gasteiger partial charge in [0.05, 0.1) is 0 Å². The molecule has 10 nitrogen and oxygen atoms in total. The van der Waals surface area contributed by atoms with Crippen molar-refractivity contribution in [3.63, 3.8) is 0 Å². The first kappa shape index (κ1) is 23.6. The van der Waals surface area contributed by atoms with Gasteiger partial charge in [-0.1, -0.05) is 0 Å². The van der Waals surface area contributed by atoms with Gasteiger partial charge in [-0.3, -0.25) is 9.59 Å². The van der Waals surface area contributed by atoms with Crippen molar-refractivity contribution in [2.24, 2.45) is 5.73 Å². The third-order valence-electron chi connectivity index (χ3n) is 6.37. The number of carbonyl (C=O) groups is 2. The number of nitrogens with two attached hydrogens (primary N) is 1. The minimum Gasteiger partial charge on any atom is -0.369 e. The highest BCUT2D eigenvalue weighted by Crippen LogP contribution is 2.25. The van der Waals surface area contributed by atoms with Crippen LogP contribution in [0.5, 0.6) is 0 Å². The van der Waals surface area contributed by atoms with Crippen molar-refractivity contribution < 1.29 is 9.59 Å². The van der Waals surface area contributed by atoms with E-state index in [-0.39, 0.29) is 11.5 Å². The summed E-state index contributed by atoms with van der Waals surface area (Å²) in [7, 11) is 2.13. The van der Waals surface area contributed by atoms with Gasteiger partial charge in [-0.05, 0) is 68.4 Å². The van der Waals surface area contributed by atoms with E-state index in [1.165, 1.54) is 6.20 Å². The van der Waals surface area contributed by atoms with Crippen molar-refractivity contribution in [2.45, 2.75) is 18.9 Å². The summed E-state index contributed by atoms with van der Waals surface area (Å²) in [6.07, 6.45) is 3.48. The van der Waals surface area contributed by atoms with Crippen LogP contribution in [0.4, 0.5) is 28.8 Å². The molecule has 10 heteroatoms. The van der Waals surface area contributed by atoms with Crippen LogP contribution < -0.4 is 26.6 Å². The third-order valence-corrected chi connectivity index (χ3v) is 6.37. The van der Waals surface area contributed by atoms with Crippen molar-refractivity contribution in [1.29, 1.82) is 0 Å². The van der Waals surface area contributed by atoms with Crippen LogP contribution in [0.2, 0.25) is 0 Å².